The van der Waals surface area contributed by atoms with Crippen LogP contribution in [-0.2, 0) is 25.4 Å². The number of carbonyl (C=O) groups is 2. The molecule has 0 bridgehead atoms. The number of fused-ring (bicyclic) bond motifs is 6. The summed E-state index contributed by atoms with van der Waals surface area (Å²) in [6.07, 6.45) is 0.920. The van der Waals surface area contributed by atoms with Gasteiger partial charge in [-0.25, -0.2) is 4.79 Å². The molecule has 1 N–H and O–H groups in total. The summed E-state index contributed by atoms with van der Waals surface area (Å²) < 4.78 is 39.1. The Labute approximate surface area is 270 Å². The van der Waals surface area contributed by atoms with E-state index in [0.29, 0.717) is 23.7 Å². The molecule has 1 aliphatic carbocycles. The minimum absolute atomic E-state index is 0.0170. The lowest BCUT2D eigenvalue weighted by molar-refractivity contribution is -0.176. The van der Waals surface area contributed by atoms with E-state index < -0.39 is 24.1 Å². The van der Waals surface area contributed by atoms with E-state index in [9.17, 15) is 9.59 Å². The molecule has 1 saturated heterocycles. The van der Waals surface area contributed by atoms with Crippen molar-refractivity contribution >= 4 is 22.8 Å². The number of ether oxygens (including phenoxy) is 7. The van der Waals surface area contributed by atoms with E-state index in [1.807, 2.05) is 26.0 Å². The third-order valence-corrected chi connectivity index (χ3v) is 9.76. The average Bonchev–Trinajstić information content (AvgIpc) is 3.48. The fourth-order valence-electron chi connectivity index (χ4n) is 7.76. The van der Waals surface area contributed by atoms with Crippen LogP contribution in [0.1, 0.15) is 54.3 Å². The van der Waals surface area contributed by atoms with Crippen LogP contribution in [0.5, 0.6) is 23.0 Å². The Kier molecular flexibility index (Phi) is 10.3. The van der Waals surface area contributed by atoms with E-state index >= 15 is 0 Å². The molecule has 3 heterocycles. The topological polar surface area (TPSA) is 118 Å². The quantitative estimate of drug-likeness (QED) is 0.330. The van der Waals surface area contributed by atoms with Gasteiger partial charge >= 0.3 is 11.9 Å². The molecule has 0 unspecified atom stereocenters. The van der Waals surface area contributed by atoms with Gasteiger partial charge in [0, 0.05) is 42.9 Å². The number of carbonyl (C=O) groups excluding carboxylic acids is 2. The first-order chi connectivity index (χ1) is 22.3. The molecule has 2 aliphatic heterocycles. The number of rotatable bonds is 8. The van der Waals surface area contributed by atoms with E-state index in [1.54, 1.807) is 26.4 Å². The van der Waals surface area contributed by atoms with Crippen molar-refractivity contribution in [2.24, 2.45) is 17.8 Å². The summed E-state index contributed by atoms with van der Waals surface area (Å²) in [6, 6.07) is 9.40. The SMILES string of the molecule is CC.COC(=O)[C@H]1[C@H]2C[C@@H]3c4[nH]c5cc(OC)ccc5c4CCN3C[C@H]2C[C@@H](OC(=O)c2cc(OC)c(OC)c(OC)c2)[C@@H]1OC. The van der Waals surface area contributed by atoms with E-state index in [1.165, 1.54) is 45.1 Å². The van der Waals surface area contributed by atoms with Gasteiger partial charge in [0.25, 0.3) is 0 Å². The number of piperidine rings is 1. The number of aromatic nitrogens is 1. The van der Waals surface area contributed by atoms with Crippen molar-refractivity contribution in [1.82, 2.24) is 9.88 Å². The lowest BCUT2D eigenvalue weighted by atomic mass is 9.63. The highest BCUT2D eigenvalue weighted by Gasteiger charge is 2.54. The molecule has 6 atom stereocenters. The molecule has 11 heteroatoms. The van der Waals surface area contributed by atoms with Gasteiger partial charge in [0.05, 0.1) is 53.1 Å². The number of methoxy groups -OCH3 is 6. The predicted octanol–water partition coefficient (Wildman–Crippen LogP) is 5.20. The highest BCUT2D eigenvalue weighted by atomic mass is 16.6. The van der Waals surface area contributed by atoms with Crippen LogP contribution in [0.15, 0.2) is 30.3 Å². The fourth-order valence-corrected chi connectivity index (χ4v) is 7.76. The van der Waals surface area contributed by atoms with Crippen LogP contribution in [-0.4, -0.2) is 89.8 Å². The van der Waals surface area contributed by atoms with Gasteiger partial charge < -0.3 is 38.1 Å². The van der Waals surface area contributed by atoms with Gasteiger partial charge in [0.1, 0.15) is 18.0 Å². The first-order valence-electron chi connectivity index (χ1n) is 15.9. The molecular weight excluding hydrogens is 592 g/mol. The number of nitrogens with one attached hydrogen (secondary N) is 1. The molecule has 2 aromatic carbocycles. The minimum Gasteiger partial charge on any atom is -0.497 e. The van der Waals surface area contributed by atoms with E-state index in [2.05, 4.69) is 16.0 Å². The van der Waals surface area contributed by atoms with Crippen molar-refractivity contribution in [2.75, 3.05) is 55.7 Å². The van der Waals surface area contributed by atoms with Crippen molar-refractivity contribution < 1.29 is 42.7 Å². The summed E-state index contributed by atoms with van der Waals surface area (Å²) in [5.41, 5.74) is 3.83. The second-order valence-electron chi connectivity index (χ2n) is 11.7. The van der Waals surface area contributed by atoms with Crippen LogP contribution in [0.3, 0.4) is 0 Å². The fraction of sp³-hybridized carbons (Fsp3) is 0.543. The summed E-state index contributed by atoms with van der Waals surface area (Å²) in [7, 11) is 9.10. The van der Waals surface area contributed by atoms with E-state index in [0.717, 1.165) is 37.2 Å². The van der Waals surface area contributed by atoms with Crippen molar-refractivity contribution in [1.29, 1.82) is 0 Å². The number of H-pyrrole nitrogens is 1. The second-order valence-corrected chi connectivity index (χ2v) is 11.7. The minimum atomic E-state index is -0.670. The van der Waals surface area contributed by atoms with Gasteiger partial charge in [-0.3, -0.25) is 9.69 Å². The number of nitrogens with zero attached hydrogens (tertiary/aromatic N) is 1. The molecule has 0 radical (unpaired) electrons. The molecule has 6 rings (SSSR count). The maximum atomic E-state index is 13.5. The first-order valence-corrected chi connectivity index (χ1v) is 15.9. The lowest BCUT2D eigenvalue weighted by Gasteiger charge is -2.52. The van der Waals surface area contributed by atoms with E-state index in [-0.39, 0.29) is 29.4 Å². The average molecular weight is 639 g/mol. The molecule has 2 fully saturated rings. The van der Waals surface area contributed by atoms with Crippen molar-refractivity contribution in [3.8, 4) is 23.0 Å². The smallest absolute Gasteiger partial charge is 0.338 e. The van der Waals surface area contributed by atoms with Gasteiger partial charge in [-0.1, -0.05) is 13.8 Å². The molecule has 46 heavy (non-hydrogen) atoms. The zero-order chi connectivity index (χ0) is 33.1. The van der Waals surface area contributed by atoms with Crippen LogP contribution in [0.4, 0.5) is 0 Å². The Morgan fingerprint density at radius 3 is 2.22 bits per heavy atom. The number of hydrogen-bond acceptors (Lipinski definition) is 10. The van der Waals surface area contributed by atoms with E-state index in [4.69, 9.17) is 33.2 Å². The zero-order valence-corrected chi connectivity index (χ0v) is 28.0. The van der Waals surface area contributed by atoms with Gasteiger partial charge in [-0.15, -0.1) is 0 Å². The third kappa shape index (κ3) is 5.86. The molecule has 3 aliphatic rings. The third-order valence-electron chi connectivity index (χ3n) is 9.76. The molecule has 3 aromatic rings. The number of hydrogen-bond donors (Lipinski definition) is 1. The molecule has 0 amide bonds. The standard InChI is InChI=1S/C33H40N2O9.C2H6/c1-38-19-7-8-20-21-9-10-35-16-18-13-27(44-32(36)17-11-25(39-2)30(41-4)26(12-17)40-3)31(42-5)28(33(37)43-6)22(18)15-24(35)29(21)34-23(20)14-19;1-2/h7-8,11-12,14,18,22,24,27-28,31,34H,9-10,13,15-16H2,1-6H3;1-2H3/t18-,22+,24-,27-,28+,31+;/m1./s1. The second kappa shape index (κ2) is 14.2. The Balaban J connectivity index is 0.00000204. The van der Waals surface area contributed by atoms with Crippen LogP contribution >= 0.6 is 0 Å². The Morgan fingerprint density at radius 1 is 0.891 bits per heavy atom. The Bertz CT molecular complexity index is 1530. The molecule has 0 spiro atoms. The molecule has 250 valence electrons. The van der Waals surface area contributed by atoms with Gasteiger partial charge in [-0.2, -0.15) is 0 Å². The molecule has 1 aromatic heterocycles. The maximum absolute atomic E-state index is 13.5. The number of aromatic amines is 1. The van der Waals surface area contributed by atoms with Gasteiger partial charge in [-0.05, 0) is 60.9 Å². The van der Waals surface area contributed by atoms with Crippen LogP contribution < -0.4 is 18.9 Å². The van der Waals surface area contributed by atoms with Gasteiger partial charge in [0.2, 0.25) is 5.75 Å². The number of esters is 2. The molecule has 11 nitrogen and oxygen atoms in total. The summed E-state index contributed by atoms with van der Waals surface area (Å²) in [5, 5.41) is 1.21. The largest absolute Gasteiger partial charge is 0.497 e. The molecule has 1 saturated carbocycles. The van der Waals surface area contributed by atoms with Crippen LogP contribution in [0, 0.1) is 17.8 Å². The summed E-state index contributed by atoms with van der Waals surface area (Å²) in [5.74, 6) is 0.441. The Hall–Kier alpha value is -3.96. The first kappa shape index (κ1) is 33.4. The highest BCUT2D eigenvalue weighted by Crippen LogP contribution is 2.51. The van der Waals surface area contributed by atoms with Crippen molar-refractivity contribution in [3.63, 3.8) is 0 Å². The summed E-state index contributed by atoms with van der Waals surface area (Å²) in [6.45, 7) is 5.68. The van der Waals surface area contributed by atoms with Crippen LogP contribution in [0.25, 0.3) is 10.9 Å². The highest BCUT2D eigenvalue weighted by molar-refractivity contribution is 5.91. The molecular formula is C35H46N2O9. The Morgan fingerprint density at radius 2 is 1.61 bits per heavy atom. The predicted molar refractivity (Wildman–Crippen MR) is 172 cm³/mol. The maximum Gasteiger partial charge on any atom is 0.338 e. The van der Waals surface area contributed by atoms with Crippen LogP contribution in [0.2, 0.25) is 0 Å². The normalized spacial score (nSPS) is 25.1. The lowest BCUT2D eigenvalue weighted by Crippen LogP contribution is -2.58. The summed E-state index contributed by atoms with van der Waals surface area (Å²) in [4.78, 5) is 33.1. The van der Waals surface area contributed by atoms with Crippen molar-refractivity contribution in [3.05, 3.63) is 47.2 Å². The monoisotopic (exact) mass is 638 g/mol. The van der Waals surface area contributed by atoms with Crippen molar-refractivity contribution in [2.45, 2.75) is 51.4 Å². The van der Waals surface area contributed by atoms with Gasteiger partial charge in [0.15, 0.2) is 11.5 Å². The zero-order valence-electron chi connectivity index (χ0n) is 28.0. The summed E-state index contributed by atoms with van der Waals surface area (Å²) >= 11 is 0. The number of benzene rings is 2.